The van der Waals surface area contributed by atoms with Gasteiger partial charge >= 0.3 is 0 Å². The van der Waals surface area contributed by atoms with Crippen LogP contribution < -0.4 is 9.47 Å². The first-order chi connectivity index (χ1) is 11.6. The summed E-state index contributed by atoms with van der Waals surface area (Å²) >= 11 is 0. The van der Waals surface area contributed by atoms with Gasteiger partial charge in [-0.15, -0.1) is 0 Å². The van der Waals surface area contributed by atoms with E-state index in [0.717, 1.165) is 5.56 Å². The Morgan fingerprint density at radius 2 is 1.83 bits per heavy atom. The van der Waals surface area contributed by atoms with Gasteiger partial charge in [0.1, 0.15) is 0 Å². The molecule has 0 saturated carbocycles. The van der Waals surface area contributed by atoms with E-state index in [2.05, 4.69) is 28.9 Å². The van der Waals surface area contributed by atoms with Crippen LogP contribution in [0.5, 0.6) is 11.5 Å². The summed E-state index contributed by atoms with van der Waals surface area (Å²) in [4.78, 5) is 7.00. The van der Waals surface area contributed by atoms with Gasteiger partial charge in [-0.2, -0.15) is 4.98 Å². The smallest absolute Gasteiger partial charge is 0.241 e. The van der Waals surface area contributed by atoms with Crippen molar-refractivity contribution >= 4 is 0 Å². The standard InChI is InChI=1S/C18H25N3O3/c1-12-6-5-7-13(2)21(12)11-17-19-18(20-24-17)14-8-9-15(22-3)16(10-14)23-4/h8-10,12-13H,5-7,11H2,1-4H3. The van der Waals surface area contributed by atoms with Crippen molar-refractivity contribution in [1.29, 1.82) is 0 Å². The molecular weight excluding hydrogens is 306 g/mol. The number of aromatic nitrogens is 2. The van der Waals surface area contributed by atoms with Crippen LogP contribution in [0.1, 0.15) is 39.0 Å². The van der Waals surface area contributed by atoms with E-state index in [1.54, 1.807) is 14.2 Å². The molecule has 0 bridgehead atoms. The summed E-state index contributed by atoms with van der Waals surface area (Å²) in [6, 6.07) is 6.70. The average molecular weight is 331 g/mol. The molecule has 6 heteroatoms. The predicted molar refractivity (Wildman–Crippen MR) is 91.2 cm³/mol. The number of benzene rings is 1. The molecule has 6 nitrogen and oxygen atoms in total. The van der Waals surface area contributed by atoms with Crippen molar-refractivity contribution in [3.63, 3.8) is 0 Å². The number of ether oxygens (including phenoxy) is 2. The Labute approximate surface area is 142 Å². The largest absolute Gasteiger partial charge is 0.493 e. The van der Waals surface area contributed by atoms with Crippen molar-refractivity contribution in [1.82, 2.24) is 15.0 Å². The van der Waals surface area contributed by atoms with Crippen molar-refractivity contribution in [2.45, 2.75) is 51.7 Å². The number of hydrogen-bond acceptors (Lipinski definition) is 6. The second kappa shape index (κ2) is 7.21. The predicted octanol–water partition coefficient (Wildman–Crippen LogP) is 3.52. The lowest BCUT2D eigenvalue weighted by Gasteiger charge is -2.37. The zero-order valence-electron chi connectivity index (χ0n) is 14.8. The number of likely N-dealkylation sites (tertiary alicyclic amines) is 1. The van der Waals surface area contributed by atoms with Crippen LogP contribution in [-0.2, 0) is 6.54 Å². The molecule has 2 heterocycles. The van der Waals surface area contributed by atoms with E-state index in [1.807, 2.05) is 18.2 Å². The van der Waals surface area contributed by atoms with E-state index in [9.17, 15) is 0 Å². The van der Waals surface area contributed by atoms with Gasteiger partial charge in [-0.3, -0.25) is 4.90 Å². The SMILES string of the molecule is COc1ccc(-c2noc(CN3C(C)CCCC3C)n2)cc1OC. The quantitative estimate of drug-likeness (QED) is 0.835. The fourth-order valence-corrected chi connectivity index (χ4v) is 3.35. The maximum Gasteiger partial charge on any atom is 0.241 e. The Balaban J connectivity index is 1.78. The highest BCUT2D eigenvalue weighted by Gasteiger charge is 2.26. The van der Waals surface area contributed by atoms with Crippen LogP contribution in [0.4, 0.5) is 0 Å². The van der Waals surface area contributed by atoms with Gasteiger partial charge in [0.2, 0.25) is 11.7 Å². The molecule has 0 amide bonds. The molecule has 0 N–H and O–H groups in total. The van der Waals surface area contributed by atoms with Gasteiger partial charge in [0.05, 0.1) is 20.8 Å². The van der Waals surface area contributed by atoms with Gasteiger partial charge in [0.25, 0.3) is 0 Å². The summed E-state index contributed by atoms with van der Waals surface area (Å²) in [7, 11) is 3.23. The average Bonchev–Trinajstić information content (AvgIpc) is 3.06. The molecule has 1 aliphatic heterocycles. The molecule has 1 aromatic heterocycles. The van der Waals surface area contributed by atoms with Crippen LogP contribution in [0.25, 0.3) is 11.4 Å². The zero-order chi connectivity index (χ0) is 17.1. The molecule has 1 fully saturated rings. The molecule has 24 heavy (non-hydrogen) atoms. The fraction of sp³-hybridized carbons (Fsp3) is 0.556. The second-order valence-corrected chi connectivity index (χ2v) is 6.38. The highest BCUT2D eigenvalue weighted by atomic mass is 16.5. The Morgan fingerprint density at radius 1 is 1.12 bits per heavy atom. The lowest BCUT2D eigenvalue weighted by molar-refractivity contribution is 0.0825. The maximum atomic E-state index is 5.47. The molecule has 3 rings (SSSR count). The Kier molecular flexibility index (Phi) is 5.04. The van der Waals surface area contributed by atoms with Crippen LogP contribution in [-0.4, -0.2) is 41.3 Å². The van der Waals surface area contributed by atoms with E-state index >= 15 is 0 Å². The number of methoxy groups -OCH3 is 2. The lowest BCUT2D eigenvalue weighted by atomic mass is 9.98. The minimum absolute atomic E-state index is 0.546. The summed E-state index contributed by atoms with van der Waals surface area (Å²) in [5, 5.41) is 4.12. The Morgan fingerprint density at radius 3 is 2.50 bits per heavy atom. The van der Waals surface area contributed by atoms with Crippen LogP contribution in [0.2, 0.25) is 0 Å². The third-order valence-electron chi connectivity index (χ3n) is 4.80. The van der Waals surface area contributed by atoms with Crippen molar-refractivity contribution in [3.05, 3.63) is 24.1 Å². The summed E-state index contributed by atoms with van der Waals surface area (Å²) in [5.74, 6) is 2.56. The minimum atomic E-state index is 0.546. The molecular formula is C18H25N3O3. The van der Waals surface area contributed by atoms with E-state index < -0.39 is 0 Å². The number of rotatable bonds is 5. The van der Waals surface area contributed by atoms with Gasteiger partial charge in [-0.25, -0.2) is 0 Å². The first-order valence-corrected chi connectivity index (χ1v) is 8.43. The van der Waals surface area contributed by atoms with Gasteiger partial charge in [0, 0.05) is 17.6 Å². The van der Waals surface area contributed by atoms with Crippen LogP contribution in [0, 0.1) is 0 Å². The molecule has 2 unspecified atom stereocenters. The molecule has 0 aliphatic carbocycles. The number of hydrogen-bond donors (Lipinski definition) is 0. The van der Waals surface area contributed by atoms with E-state index in [-0.39, 0.29) is 0 Å². The molecule has 130 valence electrons. The molecule has 2 atom stereocenters. The summed E-state index contributed by atoms with van der Waals surface area (Å²) < 4.78 is 16.1. The van der Waals surface area contributed by atoms with E-state index in [1.165, 1.54) is 19.3 Å². The highest BCUT2D eigenvalue weighted by molar-refractivity contribution is 5.60. The van der Waals surface area contributed by atoms with Gasteiger partial charge in [0.15, 0.2) is 11.5 Å². The second-order valence-electron chi connectivity index (χ2n) is 6.38. The number of piperidine rings is 1. The Bertz CT molecular complexity index is 676. The van der Waals surface area contributed by atoms with Gasteiger partial charge in [-0.05, 0) is 44.9 Å². The zero-order valence-corrected chi connectivity index (χ0v) is 14.8. The van der Waals surface area contributed by atoms with Crippen molar-refractivity contribution in [2.24, 2.45) is 0 Å². The third-order valence-corrected chi connectivity index (χ3v) is 4.80. The van der Waals surface area contributed by atoms with Crippen LogP contribution >= 0.6 is 0 Å². The third kappa shape index (κ3) is 3.38. The lowest BCUT2D eigenvalue weighted by Crippen LogP contribution is -2.43. The van der Waals surface area contributed by atoms with Crippen LogP contribution in [0.15, 0.2) is 22.7 Å². The highest BCUT2D eigenvalue weighted by Crippen LogP contribution is 2.31. The van der Waals surface area contributed by atoms with Crippen molar-refractivity contribution in [3.8, 4) is 22.9 Å². The molecule has 0 spiro atoms. The summed E-state index contributed by atoms with van der Waals surface area (Å²) in [5.41, 5.74) is 0.849. The van der Waals surface area contributed by atoms with Crippen molar-refractivity contribution in [2.75, 3.05) is 14.2 Å². The first-order valence-electron chi connectivity index (χ1n) is 8.43. The maximum absolute atomic E-state index is 5.47. The molecule has 1 saturated heterocycles. The first kappa shape index (κ1) is 16.8. The van der Waals surface area contributed by atoms with Crippen molar-refractivity contribution < 1.29 is 14.0 Å². The monoisotopic (exact) mass is 331 g/mol. The topological polar surface area (TPSA) is 60.6 Å². The fourth-order valence-electron chi connectivity index (χ4n) is 3.35. The van der Waals surface area contributed by atoms with E-state index in [0.29, 0.717) is 41.8 Å². The van der Waals surface area contributed by atoms with Crippen LogP contribution in [0.3, 0.4) is 0 Å². The number of nitrogens with zero attached hydrogens (tertiary/aromatic N) is 3. The molecule has 1 aromatic carbocycles. The molecule has 0 radical (unpaired) electrons. The minimum Gasteiger partial charge on any atom is -0.493 e. The van der Waals surface area contributed by atoms with Gasteiger partial charge < -0.3 is 14.0 Å². The Hall–Kier alpha value is -2.08. The normalized spacial score (nSPS) is 21.7. The molecule has 2 aromatic rings. The summed E-state index contributed by atoms with van der Waals surface area (Å²) in [6.45, 7) is 5.23. The van der Waals surface area contributed by atoms with Gasteiger partial charge in [-0.1, -0.05) is 11.6 Å². The molecule has 1 aliphatic rings. The van der Waals surface area contributed by atoms with E-state index in [4.69, 9.17) is 14.0 Å². The summed E-state index contributed by atoms with van der Waals surface area (Å²) in [6.07, 6.45) is 3.74.